The topological polar surface area (TPSA) is 26.0 Å². The third-order valence-electron chi connectivity index (χ3n) is 2.46. The van der Waals surface area contributed by atoms with Gasteiger partial charge in [-0.1, -0.05) is 54.0 Å². The molecule has 1 aromatic rings. The molecule has 1 aromatic carbocycles. The highest BCUT2D eigenvalue weighted by Crippen LogP contribution is 2.28. The molecule has 0 aliphatic heterocycles. The fourth-order valence-corrected chi connectivity index (χ4v) is 1.82. The molecule has 2 N–H and O–H groups in total. The van der Waals surface area contributed by atoms with Crippen LogP contribution in [0.2, 0.25) is 0 Å². The van der Waals surface area contributed by atoms with E-state index in [-0.39, 0.29) is 5.41 Å². The largest absolute Gasteiger partial charge is 0.399 e. The van der Waals surface area contributed by atoms with Gasteiger partial charge in [-0.05, 0) is 35.1 Å². The van der Waals surface area contributed by atoms with Crippen LogP contribution in [0.1, 0.15) is 59.1 Å². The fourth-order valence-electron chi connectivity index (χ4n) is 1.82. The van der Waals surface area contributed by atoms with Gasteiger partial charge in [-0.25, -0.2) is 0 Å². The van der Waals surface area contributed by atoms with Gasteiger partial charge in [0, 0.05) is 5.69 Å². The summed E-state index contributed by atoms with van der Waals surface area (Å²) < 4.78 is 0. The smallest absolute Gasteiger partial charge is 0.0316 e. The number of anilines is 1. The number of nitrogen functional groups attached to an aromatic ring is 1. The molecule has 0 atom stereocenters. The van der Waals surface area contributed by atoms with Crippen LogP contribution in [0.25, 0.3) is 0 Å². The lowest BCUT2D eigenvalue weighted by molar-refractivity contribution is 0.581. The SMILES string of the molecule is CC.CCCc1cc(N)ccc1C(C)(C)C. The van der Waals surface area contributed by atoms with Crippen molar-refractivity contribution in [1.29, 1.82) is 0 Å². The Morgan fingerprint density at radius 1 is 1.12 bits per heavy atom. The molecule has 0 aromatic heterocycles. The van der Waals surface area contributed by atoms with Crippen molar-refractivity contribution < 1.29 is 0 Å². The molecule has 0 heterocycles. The third kappa shape index (κ3) is 4.26. The van der Waals surface area contributed by atoms with Gasteiger partial charge in [0.25, 0.3) is 0 Å². The van der Waals surface area contributed by atoms with E-state index in [4.69, 9.17) is 5.73 Å². The van der Waals surface area contributed by atoms with E-state index in [9.17, 15) is 0 Å². The second-order valence-electron chi connectivity index (χ2n) is 4.92. The van der Waals surface area contributed by atoms with E-state index in [1.807, 2.05) is 19.9 Å². The summed E-state index contributed by atoms with van der Waals surface area (Å²) in [5, 5.41) is 0. The first kappa shape index (κ1) is 15.0. The first-order valence-corrected chi connectivity index (χ1v) is 6.34. The fraction of sp³-hybridized carbons (Fsp3) is 0.600. The van der Waals surface area contributed by atoms with Crippen LogP contribution in [0.5, 0.6) is 0 Å². The van der Waals surface area contributed by atoms with Crippen LogP contribution in [0.15, 0.2) is 18.2 Å². The number of benzene rings is 1. The normalized spacial score (nSPS) is 10.6. The van der Waals surface area contributed by atoms with Gasteiger partial charge in [0.2, 0.25) is 0 Å². The quantitative estimate of drug-likeness (QED) is 0.729. The molecule has 1 rings (SSSR count). The van der Waals surface area contributed by atoms with Crippen LogP contribution in [-0.4, -0.2) is 0 Å². The average Bonchev–Trinajstić information content (AvgIpc) is 2.19. The summed E-state index contributed by atoms with van der Waals surface area (Å²) in [5.74, 6) is 0. The standard InChI is InChI=1S/C13H21N.C2H6/c1-5-6-10-9-11(14)7-8-12(10)13(2,3)4;1-2/h7-9H,5-6,14H2,1-4H3;1-2H3. The minimum atomic E-state index is 0.220. The molecular weight excluding hydrogens is 194 g/mol. The first-order chi connectivity index (χ1) is 7.45. The van der Waals surface area contributed by atoms with Crippen molar-refractivity contribution in [2.24, 2.45) is 0 Å². The molecule has 0 unspecified atom stereocenters. The Morgan fingerprint density at radius 2 is 1.69 bits per heavy atom. The van der Waals surface area contributed by atoms with Crippen molar-refractivity contribution in [3.63, 3.8) is 0 Å². The second-order valence-corrected chi connectivity index (χ2v) is 4.92. The van der Waals surface area contributed by atoms with Gasteiger partial charge in [-0.2, -0.15) is 0 Å². The highest BCUT2D eigenvalue weighted by Gasteiger charge is 2.17. The van der Waals surface area contributed by atoms with Crippen LogP contribution in [0.4, 0.5) is 5.69 Å². The van der Waals surface area contributed by atoms with E-state index in [2.05, 4.69) is 39.8 Å². The second kappa shape index (κ2) is 6.57. The third-order valence-corrected chi connectivity index (χ3v) is 2.46. The zero-order valence-electron chi connectivity index (χ0n) is 11.7. The maximum absolute atomic E-state index is 5.80. The number of rotatable bonds is 2. The van der Waals surface area contributed by atoms with Crippen molar-refractivity contribution in [2.75, 3.05) is 5.73 Å². The van der Waals surface area contributed by atoms with Gasteiger partial charge in [0.1, 0.15) is 0 Å². The zero-order valence-corrected chi connectivity index (χ0v) is 11.7. The molecular formula is C15H27N. The highest BCUT2D eigenvalue weighted by atomic mass is 14.5. The molecule has 0 saturated carbocycles. The number of hydrogen-bond donors (Lipinski definition) is 1. The van der Waals surface area contributed by atoms with E-state index in [1.54, 1.807) is 0 Å². The van der Waals surface area contributed by atoms with Gasteiger partial charge in [0.05, 0.1) is 0 Å². The van der Waals surface area contributed by atoms with Crippen molar-refractivity contribution >= 4 is 5.69 Å². The monoisotopic (exact) mass is 221 g/mol. The first-order valence-electron chi connectivity index (χ1n) is 6.34. The van der Waals surface area contributed by atoms with Crippen molar-refractivity contribution in [1.82, 2.24) is 0 Å². The van der Waals surface area contributed by atoms with E-state index in [1.165, 1.54) is 17.5 Å². The van der Waals surface area contributed by atoms with Crippen LogP contribution in [0, 0.1) is 0 Å². The van der Waals surface area contributed by atoms with Gasteiger partial charge in [-0.15, -0.1) is 0 Å². The van der Waals surface area contributed by atoms with Crippen LogP contribution < -0.4 is 5.73 Å². The van der Waals surface area contributed by atoms with Crippen LogP contribution in [0.3, 0.4) is 0 Å². The van der Waals surface area contributed by atoms with E-state index < -0.39 is 0 Å². The van der Waals surface area contributed by atoms with Gasteiger partial charge in [-0.3, -0.25) is 0 Å². The Kier molecular flexibility index (Phi) is 6.17. The lowest BCUT2D eigenvalue weighted by Crippen LogP contribution is -2.14. The Balaban J connectivity index is 0.00000106. The molecule has 0 aliphatic carbocycles. The maximum Gasteiger partial charge on any atom is 0.0316 e. The van der Waals surface area contributed by atoms with E-state index >= 15 is 0 Å². The van der Waals surface area contributed by atoms with Crippen LogP contribution >= 0.6 is 0 Å². The number of aryl methyl sites for hydroxylation is 1. The molecule has 0 amide bonds. The molecule has 0 aliphatic rings. The molecule has 1 heteroatoms. The summed E-state index contributed by atoms with van der Waals surface area (Å²) in [4.78, 5) is 0. The summed E-state index contributed by atoms with van der Waals surface area (Å²) in [6, 6.07) is 6.28. The molecule has 92 valence electrons. The predicted octanol–water partition coefficient (Wildman–Crippen LogP) is 4.55. The van der Waals surface area contributed by atoms with Crippen molar-refractivity contribution in [3.8, 4) is 0 Å². The lowest BCUT2D eigenvalue weighted by atomic mass is 9.82. The molecule has 0 bridgehead atoms. The summed E-state index contributed by atoms with van der Waals surface area (Å²) in [6.07, 6.45) is 2.30. The number of hydrogen-bond acceptors (Lipinski definition) is 1. The minimum absolute atomic E-state index is 0.220. The predicted molar refractivity (Wildman–Crippen MR) is 74.9 cm³/mol. The molecule has 1 nitrogen and oxygen atoms in total. The van der Waals surface area contributed by atoms with Crippen molar-refractivity contribution in [3.05, 3.63) is 29.3 Å². The Morgan fingerprint density at radius 3 is 2.12 bits per heavy atom. The summed E-state index contributed by atoms with van der Waals surface area (Å²) in [6.45, 7) is 12.9. The van der Waals surface area contributed by atoms with E-state index in [0.29, 0.717) is 0 Å². The lowest BCUT2D eigenvalue weighted by Gasteiger charge is -2.23. The summed E-state index contributed by atoms with van der Waals surface area (Å²) >= 11 is 0. The Hall–Kier alpha value is -0.980. The van der Waals surface area contributed by atoms with E-state index in [0.717, 1.165) is 12.1 Å². The van der Waals surface area contributed by atoms with Crippen molar-refractivity contribution in [2.45, 2.75) is 59.8 Å². The summed E-state index contributed by atoms with van der Waals surface area (Å²) in [5.41, 5.74) is 9.73. The van der Waals surface area contributed by atoms with Gasteiger partial charge >= 0.3 is 0 Å². The summed E-state index contributed by atoms with van der Waals surface area (Å²) in [7, 11) is 0. The maximum atomic E-state index is 5.80. The van der Waals surface area contributed by atoms with Gasteiger partial charge in [0.15, 0.2) is 0 Å². The Bertz CT molecular complexity index is 308. The molecule has 0 fully saturated rings. The highest BCUT2D eigenvalue weighted by molar-refractivity contribution is 5.46. The molecule has 16 heavy (non-hydrogen) atoms. The molecule has 0 spiro atoms. The average molecular weight is 221 g/mol. The van der Waals surface area contributed by atoms with Crippen LogP contribution in [-0.2, 0) is 11.8 Å². The zero-order chi connectivity index (χ0) is 12.8. The Labute approximate surface area is 101 Å². The van der Waals surface area contributed by atoms with Gasteiger partial charge < -0.3 is 5.73 Å². The molecule has 0 saturated heterocycles. The number of nitrogens with two attached hydrogens (primary N) is 1. The minimum Gasteiger partial charge on any atom is -0.399 e. The molecule has 0 radical (unpaired) electrons.